The molecule has 0 unspecified atom stereocenters. The quantitative estimate of drug-likeness (QED) is 0.564. The number of benzene rings is 1. The van der Waals surface area contributed by atoms with E-state index in [1.165, 1.54) is 0 Å². The van der Waals surface area contributed by atoms with Crippen LogP contribution in [0.15, 0.2) is 18.2 Å². The average Bonchev–Trinajstić information content (AvgIpc) is 2.07. The van der Waals surface area contributed by atoms with Crippen molar-refractivity contribution in [2.45, 2.75) is 6.61 Å². The minimum atomic E-state index is -3.30. The molecular weight excluding hydrogens is 203 g/mol. The van der Waals surface area contributed by atoms with E-state index in [0.717, 1.165) is 18.2 Å². The maximum atomic E-state index is 12.8. The van der Waals surface area contributed by atoms with Crippen LogP contribution in [0.25, 0.3) is 0 Å². The normalized spacial score (nSPS) is 10.3. The van der Waals surface area contributed by atoms with Gasteiger partial charge in [-0.3, -0.25) is 10.1 Å². The highest BCUT2D eigenvalue weighted by Crippen LogP contribution is 2.30. The molecule has 1 aromatic carbocycles. The zero-order valence-corrected chi connectivity index (χ0v) is 6.62. The SMILES string of the molecule is O=[N+]([O-])c1cccc(F)c1OC(F)F. The fourth-order valence-electron chi connectivity index (χ4n) is 0.847. The first-order chi connectivity index (χ1) is 6.52. The number of hydrogen-bond donors (Lipinski definition) is 0. The van der Waals surface area contributed by atoms with Gasteiger partial charge in [0.05, 0.1) is 4.92 Å². The summed E-state index contributed by atoms with van der Waals surface area (Å²) in [5.74, 6) is -2.24. The highest BCUT2D eigenvalue weighted by atomic mass is 19.3. The van der Waals surface area contributed by atoms with Crippen LogP contribution < -0.4 is 4.74 Å². The summed E-state index contributed by atoms with van der Waals surface area (Å²) in [6, 6.07) is 2.71. The minimum absolute atomic E-state index is 0.796. The fourth-order valence-corrected chi connectivity index (χ4v) is 0.847. The topological polar surface area (TPSA) is 52.4 Å². The van der Waals surface area contributed by atoms with Crippen LogP contribution >= 0.6 is 0 Å². The molecule has 0 aliphatic carbocycles. The molecule has 1 aromatic rings. The largest absolute Gasteiger partial charge is 0.424 e. The summed E-state index contributed by atoms with van der Waals surface area (Å²) in [5.41, 5.74) is -0.828. The average molecular weight is 207 g/mol. The van der Waals surface area contributed by atoms with Crippen LogP contribution in [0.4, 0.5) is 18.9 Å². The molecule has 0 heterocycles. The molecule has 0 amide bonds. The lowest BCUT2D eigenvalue weighted by molar-refractivity contribution is -0.386. The van der Waals surface area contributed by atoms with Gasteiger partial charge in [-0.05, 0) is 6.07 Å². The van der Waals surface area contributed by atoms with Crippen molar-refractivity contribution in [1.29, 1.82) is 0 Å². The van der Waals surface area contributed by atoms with Gasteiger partial charge in [-0.1, -0.05) is 6.07 Å². The van der Waals surface area contributed by atoms with Crippen LogP contribution in [0.5, 0.6) is 5.75 Å². The van der Waals surface area contributed by atoms with E-state index in [1.54, 1.807) is 0 Å². The summed E-state index contributed by atoms with van der Waals surface area (Å²) >= 11 is 0. The van der Waals surface area contributed by atoms with E-state index >= 15 is 0 Å². The van der Waals surface area contributed by atoms with Crippen molar-refractivity contribution in [3.05, 3.63) is 34.1 Å². The summed E-state index contributed by atoms with van der Waals surface area (Å²) in [6.45, 7) is -3.30. The first-order valence-electron chi connectivity index (χ1n) is 3.40. The Morgan fingerprint density at radius 3 is 2.57 bits per heavy atom. The Balaban J connectivity index is 3.15. The Hall–Kier alpha value is -1.79. The Kier molecular flexibility index (Phi) is 2.90. The standard InChI is InChI=1S/C7H4F3NO3/c8-4-2-1-3-5(11(12)13)6(4)14-7(9)10/h1-3,7H. The summed E-state index contributed by atoms with van der Waals surface area (Å²) in [7, 11) is 0. The molecule has 0 saturated heterocycles. The van der Waals surface area contributed by atoms with Gasteiger partial charge in [0.15, 0.2) is 5.82 Å². The van der Waals surface area contributed by atoms with Crippen molar-refractivity contribution in [1.82, 2.24) is 0 Å². The second kappa shape index (κ2) is 3.95. The van der Waals surface area contributed by atoms with E-state index in [-0.39, 0.29) is 0 Å². The van der Waals surface area contributed by atoms with E-state index in [4.69, 9.17) is 0 Å². The van der Waals surface area contributed by atoms with Crippen molar-refractivity contribution in [3.8, 4) is 5.75 Å². The van der Waals surface area contributed by atoms with E-state index in [9.17, 15) is 23.3 Å². The molecule has 1 rings (SSSR count). The molecule has 0 bridgehead atoms. The molecule has 14 heavy (non-hydrogen) atoms. The van der Waals surface area contributed by atoms with Gasteiger partial charge in [-0.2, -0.15) is 8.78 Å². The van der Waals surface area contributed by atoms with Gasteiger partial charge in [0.25, 0.3) is 0 Å². The van der Waals surface area contributed by atoms with Crippen molar-refractivity contribution in [3.63, 3.8) is 0 Å². The summed E-state index contributed by atoms with van der Waals surface area (Å²) in [6.07, 6.45) is 0. The molecule has 0 aromatic heterocycles. The smallest absolute Gasteiger partial charge is 0.387 e. The predicted molar refractivity (Wildman–Crippen MR) is 39.7 cm³/mol. The first-order valence-corrected chi connectivity index (χ1v) is 3.40. The zero-order valence-electron chi connectivity index (χ0n) is 6.62. The number of alkyl halides is 2. The molecule has 7 heteroatoms. The van der Waals surface area contributed by atoms with Crippen molar-refractivity contribution in [2.24, 2.45) is 0 Å². The molecule has 0 N–H and O–H groups in total. The maximum absolute atomic E-state index is 12.8. The molecule has 0 aliphatic heterocycles. The molecule has 76 valence electrons. The second-order valence-corrected chi connectivity index (χ2v) is 2.22. The van der Waals surface area contributed by atoms with E-state index < -0.39 is 28.8 Å². The minimum Gasteiger partial charge on any atom is -0.424 e. The highest BCUT2D eigenvalue weighted by Gasteiger charge is 2.22. The third kappa shape index (κ3) is 2.12. The number of para-hydroxylation sites is 1. The molecule has 0 fully saturated rings. The van der Waals surface area contributed by atoms with Crippen LogP contribution in [0.2, 0.25) is 0 Å². The fraction of sp³-hybridized carbons (Fsp3) is 0.143. The van der Waals surface area contributed by atoms with Crippen LogP contribution in [-0.4, -0.2) is 11.5 Å². The van der Waals surface area contributed by atoms with Gasteiger partial charge in [-0.15, -0.1) is 0 Å². The molecule has 4 nitrogen and oxygen atoms in total. The van der Waals surface area contributed by atoms with Crippen molar-refractivity contribution >= 4 is 5.69 Å². The van der Waals surface area contributed by atoms with Crippen LogP contribution in [-0.2, 0) is 0 Å². The number of nitro groups is 1. The first kappa shape index (κ1) is 10.3. The maximum Gasteiger partial charge on any atom is 0.387 e. The number of ether oxygens (including phenoxy) is 1. The number of nitrogens with zero attached hydrogens (tertiary/aromatic N) is 1. The Morgan fingerprint density at radius 1 is 1.43 bits per heavy atom. The predicted octanol–water partition coefficient (Wildman–Crippen LogP) is 2.34. The summed E-state index contributed by atoms with van der Waals surface area (Å²) in [5, 5.41) is 10.3. The van der Waals surface area contributed by atoms with E-state index in [2.05, 4.69) is 4.74 Å². The number of rotatable bonds is 3. The summed E-state index contributed by atoms with van der Waals surface area (Å²) < 4.78 is 40.0. The summed E-state index contributed by atoms with van der Waals surface area (Å²) in [4.78, 5) is 9.27. The van der Waals surface area contributed by atoms with Gasteiger partial charge in [0.2, 0.25) is 5.75 Å². The zero-order chi connectivity index (χ0) is 10.7. The molecule has 0 spiro atoms. The van der Waals surface area contributed by atoms with Gasteiger partial charge in [0.1, 0.15) is 0 Å². The molecule has 0 saturated carbocycles. The Labute approximate surface area is 76.1 Å². The second-order valence-electron chi connectivity index (χ2n) is 2.22. The van der Waals surface area contributed by atoms with E-state index in [1.807, 2.05) is 0 Å². The lowest BCUT2D eigenvalue weighted by atomic mass is 10.3. The Bertz CT molecular complexity index is 356. The lowest BCUT2D eigenvalue weighted by Gasteiger charge is -2.05. The monoisotopic (exact) mass is 207 g/mol. The third-order valence-corrected chi connectivity index (χ3v) is 1.35. The molecule has 0 atom stereocenters. The number of halogens is 3. The van der Waals surface area contributed by atoms with Crippen molar-refractivity contribution in [2.75, 3.05) is 0 Å². The van der Waals surface area contributed by atoms with Gasteiger partial charge >= 0.3 is 12.3 Å². The van der Waals surface area contributed by atoms with E-state index in [0.29, 0.717) is 0 Å². The van der Waals surface area contributed by atoms with Gasteiger partial charge in [-0.25, -0.2) is 4.39 Å². The Morgan fingerprint density at radius 2 is 2.07 bits per heavy atom. The van der Waals surface area contributed by atoms with Gasteiger partial charge in [0, 0.05) is 6.07 Å². The number of hydrogen-bond acceptors (Lipinski definition) is 3. The molecule has 0 radical (unpaired) electrons. The van der Waals surface area contributed by atoms with Crippen LogP contribution in [0.1, 0.15) is 0 Å². The van der Waals surface area contributed by atoms with Crippen LogP contribution in [0.3, 0.4) is 0 Å². The van der Waals surface area contributed by atoms with Crippen molar-refractivity contribution < 1.29 is 22.8 Å². The number of nitro benzene ring substituents is 1. The third-order valence-electron chi connectivity index (χ3n) is 1.35. The van der Waals surface area contributed by atoms with Gasteiger partial charge < -0.3 is 4.74 Å². The molecule has 0 aliphatic rings. The lowest BCUT2D eigenvalue weighted by Crippen LogP contribution is -2.06. The van der Waals surface area contributed by atoms with Crippen LogP contribution in [0, 0.1) is 15.9 Å². The highest BCUT2D eigenvalue weighted by molar-refractivity contribution is 5.46. The molecular formula is C7H4F3NO3.